The summed E-state index contributed by atoms with van der Waals surface area (Å²) in [5, 5.41) is 9.32. The molecule has 7 heteroatoms. The van der Waals surface area contributed by atoms with Crippen molar-refractivity contribution in [2.45, 2.75) is 138 Å². The van der Waals surface area contributed by atoms with Crippen molar-refractivity contribution < 1.29 is 28.8 Å². The molecular weight excluding hydrogens is 1080 g/mol. The molecule has 0 saturated heterocycles. The van der Waals surface area contributed by atoms with Crippen LogP contribution in [0.15, 0.2) is 152 Å². The third-order valence-electron chi connectivity index (χ3n) is 15.8. The predicted molar refractivity (Wildman–Crippen MR) is 371 cm³/mol. The molecule has 0 aliphatic heterocycles. The molecule has 0 aliphatic rings. The second-order valence-electron chi connectivity index (χ2n) is 22.0. The second-order valence-corrected chi connectivity index (χ2v) is 22.4. The lowest BCUT2D eigenvalue weighted by molar-refractivity contribution is 0.323. The minimum absolute atomic E-state index is 0.141. The fraction of sp³-hybridized carbons (Fsp3) is 0.316. The molecule has 460 valence electrons. The van der Waals surface area contributed by atoms with E-state index < -0.39 is 0 Å². The molecule has 9 aromatic carbocycles. The summed E-state index contributed by atoms with van der Waals surface area (Å²) < 4.78 is 25.9. The largest absolute Gasteiger partial charge is 0.506 e. The van der Waals surface area contributed by atoms with Gasteiger partial charge in [-0.1, -0.05) is 138 Å². The van der Waals surface area contributed by atoms with Crippen molar-refractivity contribution in [2.75, 3.05) is 35.5 Å². The lowest BCUT2D eigenvalue weighted by atomic mass is 9.96. The molecule has 86 heavy (non-hydrogen) atoms. The van der Waals surface area contributed by atoms with Gasteiger partial charge in [0.25, 0.3) is 0 Å². The van der Waals surface area contributed by atoms with Crippen LogP contribution in [0.4, 0.5) is 0 Å². The fourth-order valence-corrected chi connectivity index (χ4v) is 9.12. The SMILES string of the molecule is COc1cc(C)c(C)cc1C.COc1ccc(C)c(C)c1C.COc1ccc(C)c(OC)c1OC.Cc1cc(C)c(C)c(C)c1C.Cc1ccc(C)c(C)c1.Cc1ccc(O)c(Cl)c1.Cc1cccc(C)c1C.Cc1ccccc1-c1ccccc1. The quantitative estimate of drug-likeness (QED) is 0.179. The molecule has 1 N–H and O–H groups in total. The highest BCUT2D eigenvalue weighted by atomic mass is 35.5. The van der Waals surface area contributed by atoms with Crippen LogP contribution >= 0.6 is 11.6 Å². The van der Waals surface area contributed by atoms with Crippen LogP contribution in [0.25, 0.3) is 11.1 Å². The molecular formula is C79H101ClO6. The molecule has 9 rings (SSSR count). The molecule has 0 heterocycles. The minimum atomic E-state index is 0.141. The Hall–Kier alpha value is -7.93. The van der Waals surface area contributed by atoms with E-state index in [0.29, 0.717) is 16.5 Å². The Labute approximate surface area is 525 Å². The predicted octanol–water partition coefficient (Wildman–Crippen LogP) is 21.7. The second kappa shape index (κ2) is 37.5. The number of hydrogen-bond acceptors (Lipinski definition) is 6. The van der Waals surface area contributed by atoms with Gasteiger partial charge in [0, 0.05) is 0 Å². The van der Waals surface area contributed by atoms with Crippen LogP contribution in [0.2, 0.25) is 5.02 Å². The summed E-state index contributed by atoms with van der Waals surface area (Å²) in [6, 6.07) is 51.3. The van der Waals surface area contributed by atoms with Crippen molar-refractivity contribution in [1.29, 1.82) is 0 Å². The zero-order valence-corrected chi connectivity index (χ0v) is 57.6. The van der Waals surface area contributed by atoms with Crippen LogP contribution in [0.3, 0.4) is 0 Å². The first-order valence-electron chi connectivity index (χ1n) is 29.2. The number of halogens is 1. The maximum absolute atomic E-state index is 8.91. The van der Waals surface area contributed by atoms with Crippen molar-refractivity contribution in [3.8, 4) is 45.6 Å². The monoisotopic (exact) mass is 1180 g/mol. The van der Waals surface area contributed by atoms with Crippen LogP contribution in [0, 0.1) is 138 Å². The van der Waals surface area contributed by atoms with Gasteiger partial charge in [0.1, 0.15) is 17.2 Å². The first-order chi connectivity index (χ1) is 40.6. The fourth-order valence-electron chi connectivity index (χ4n) is 8.89. The Morgan fingerprint density at radius 2 is 0.698 bits per heavy atom. The van der Waals surface area contributed by atoms with Gasteiger partial charge >= 0.3 is 0 Å². The Bertz CT molecular complexity index is 3440. The highest BCUT2D eigenvalue weighted by molar-refractivity contribution is 6.32. The molecule has 6 nitrogen and oxygen atoms in total. The minimum Gasteiger partial charge on any atom is -0.506 e. The highest BCUT2D eigenvalue weighted by Gasteiger charge is 2.13. The van der Waals surface area contributed by atoms with Crippen LogP contribution in [0.1, 0.15) is 111 Å². The molecule has 0 bridgehead atoms. The first-order valence-corrected chi connectivity index (χ1v) is 29.6. The number of hydrogen-bond donors (Lipinski definition) is 1. The summed E-state index contributed by atoms with van der Waals surface area (Å²) in [6.45, 7) is 42.4. The van der Waals surface area contributed by atoms with Gasteiger partial charge in [-0.05, 0) is 286 Å². The maximum Gasteiger partial charge on any atom is 0.203 e. The lowest BCUT2D eigenvalue weighted by Crippen LogP contribution is -1.96. The van der Waals surface area contributed by atoms with Gasteiger partial charge in [-0.15, -0.1) is 0 Å². The normalized spacial score (nSPS) is 9.79. The van der Waals surface area contributed by atoms with E-state index in [1.165, 1.54) is 111 Å². The van der Waals surface area contributed by atoms with Gasteiger partial charge in [-0.25, -0.2) is 0 Å². The number of benzene rings is 9. The number of phenolic OH excluding ortho intramolecular Hbond substituents is 1. The molecule has 0 amide bonds. The van der Waals surface area contributed by atoms with Crippen molar-refractivity contribution >= 4 is 11.6 Å². The Kier molecular flexibility index (Phi) is 32.3. The Morgan fingerprint density at radius 1 is 0.267 bits per heavy atom. The first kappa shape index (κ1) is 74.2. The third-order valence-corrected chi connectivity index (χ3v) is 16.1. The number of aryl methyl sites for hydroxylation is 14. The summed E-state index contributed by atoms with van der Waals surface area (Å²) >= 11 is 5.56. The van der Waals surface area contributed by atoms with Crippen molar-refractivity contribution in [2.24, 2.45) is 0 Å². The summed E-state index contributed by atoms with van der Waals surface area (Å²) in [4.78, 5) is 0. The van der Waals surface area contributed by atoms with E-state index in [4.69, 9.17) is 40.4 Å². The van der Waals surface area contributed by atoms with Crippen LogP contribution in [-0.4, -0.2) is 40.7 Å². The van der Waals surface area contributed by atoms with Crippen LogP contribution < -0.4 is 23.7 Å². The van der Waals surface area contributed by atoms with Crippen molar-refractivity contribution in [3.63, 3.8) is 0 Å². The van der Waals surface area contributed by atoms with E-state index in [9.17, 15) is 0 Å². The van der Waals surface area contributed by atoms with Crippen LogP contribution in [-0.2, 0) is 0 Å². The van der Waals surface area contributed by atoms with Gasteiger partial charge < -0.3 is 28.8 Å². The lowest BCUT2D eigenvalue weighted by Gasteiger charge is -2.13. The molecule has 9 aromatic rings. The highest BCUT2D eigenvalue weighted by Crippen LogP contribution is 2.39. The number of aromatic hydroxyl groups is 1. The van der Waals surface area contributed by atoms with Gasteiger partial charge in [0.2, 0.25) is 5.75 Å². The number of rotatable bonds is 6. The third kappa shape index (κ3) is 23.5. The average molecular weight is 1180 g/mol. The molecule has 0 saturated carbocycles. The van der Waals surface area contributed by atoms with E-state index in [-0.39, 0.29) is 5.75 Å². The van der Waals surface area contributed by atoms with Gasteiger partial charge in [0.15, 0.2) is 11.5 Å². The number of ether oxygens (including phenoxy) is 5. The van der Waals surface area contributed by atoms with Gasteiger partial charge in [0.05, 0.1) is 40.6 Å². The molecule has 0 aromatic heterocycles. The van der Waals surface area contributed by atoms with E-state index in [0.717, 1.165) is 28.4 Å². The molecule has 0 fully saturated rings. The topological polar surface area (TPSA) is 66.4 Å². The number of methoxy groups -OCH3 is 5. The van der Waals surface area contributed by atoms with E-state index in [2.05, 4.69) is 234 Å². The van der Waals surface area contributed by atoms with E-state index in [1.807, 2.05) is 38.1 Å². The Balaban J connectivity index is 0.000000337. The van der Waals surface area contributed by atoms with Gasteiger partial charge in [-0.2, -0.15) is 0 Å². The standard InChI is InChI=1S/C13H12.C11H16.C10H14O3.2C10H14O.2C9H12.C7H7ClO/c1-11-7-5-6-10-13(11)12-8-3-2-4-9-12;1-7-6-8(2)10(4)11(5)9(7)3;1-7-5-6-8(11-2)10(13-4)9(7)12-3;1-7-5-9(3)10(11-4)6-8(7)2;1-7-5-6-10(11-4)9(3)8(7)2;1-7-4-5-8(2)9(3)6-7;1-7-5-4-6-8(2)9(7)3;1-5-2-3-7(9)6(8)4-5/h2-10H,1H3;6H,1-5H3;5-6H,1-4H3;2*5-6H,1-4H3;2*4-6H,1-3H3;2-4,9H,1H3. The smallest absolute Gasteiger partial charge is 0.203 e. The summed E-state index contributed by atoms with van der Waals surface area (Å²) in [5.74, 6) is 4.15. The molecule has 0 aliphatic carbocycles. The van der Waals surface area contributed by atoms with Crippen molar-refractivity contribution in [1.82, 2.24) is 0 Å². The maximum atomic E-state index is 8.91. The molecule has 0 atom stereocenters. The van der Waals surface area contributed by atoms with E-state index >= 15 is 0 Å². The van der Waals surface area contributed by atoms with Crippen molar-refractivity contribution in [3.05, 3.63) is 268 Å². The summed E-state index contributed by atoms with van der Waals surface area (Å²) in [7, 11) is 8.23. The van der Waals surface area contributed by atoms with Crippen LogP contribution in [0.5, 0.6) is 34.5 Å². The summed E-state index contributed by atoms with van der Waals surface area (Å²) in [5.41, 5.74) is 29.2. The molecule has 0 radical (unpaired) electrons. The van der Waals surface area contributed by atoms with E-state index in [1.54, 1.807) is 53.7 Å². The zero-order chi connectivity index (χ0) is 65.0. The molecule has 0 spiro atoms. The average Bonchev–Trinajstić information content (AvgIpc) is 3.69. The molecule has 0 unspecified atom stereocenters. The van der Waals surface area contributed by atoms with Gasteiger partial charge in [-0.3, -0.25) is 0 Å². The zero-order valence-electron chi connectivity index (χ0n) is 56.8. The Morgan fingerprint density at radius 3 is 1.19 bits per heavy atom. The number of phenols is 1. The summed E-state index contributed by atoms with van der Waals surface area (Å²) in [6.07, 6.45) is 0.